The molecule has 2 amide bonds. The number of hydrogen-bond acceptors (Lipinski definition) is 3. The van der Waals surface area contributed by atoms with E-state index < -0.39 is 0 Å². The van der Waals surface area contributed by atoms with Crippen molar-refractivity contribution in [2.45, 2.75) is 77.2 Å². The van der Waals surface area contributed by atoms with Gasteiger partial charge in [-0.25, -0.2) is 0 Å². The molecule has 1 aromatic rings. The van der Waals surface area contributed by atoms with E-state index in [1.807, 2.05) is 32.0 Å². The van der Waals surface area contributed by atoms with E-state index in [0.29, 0.717) is 6.42 Å². The van der Waals surface area contributed by atoms with Crippen molar-refractivity contribution in [3.63, 3.8) is 0 Å². The topological polar surface area (TPSA) is 52.7 Å². The largest absolute Gasteiger partial charge is 0.349 e. The second kappa shape index (κ2) is 11.5. The lowest BCUT2D eigenvalue weighted by Crippen LogP contribution is -2.37. The Hall–Kier alpha value is -1.88. The van der Waals surface area contributed by atoms with Crippen LogP contribution in [0.3, 0.4) is 0 Å². The Morgan fingerprint density at radius 1 is 1.07 bits per heavy atom. The van der Waals surface area contributed by atoms with Crippen LogP contribution in [-0.4, -0.2) is 60.4 Å². The van der Waals surface area contributed by atoms with Gasteiger partial charge in [-0.15, -0.1) is 0 Å². The number of piperidine rings is 1. The molecule has 3 aliphatic heterocycles. The summed E-state index contributed by atoms with van der Waals surface area (Å²) in [5, 5.41) is 3.17. The van der Waals surface area contributed by atoms with Crippen molar-refractivity contribution in [3.8, 4) is 0 Å². The molecule has 0 spiro atoms. The van der Waals surface area contributed by atoms with Crippen LogP contribution in [0.1, 0.15) is 87.1 Å². The van der Waals surface area contributed by atoms with Crippen LogP contribution in [0.15, 0.2) is 24.3 Å². The van der Waals surface area contributed by atoms with Crippen LogP contribution in [-0.2, 0) is 4.79 Å². The Kier molecular flexibility index (Phi) is 8.74. The van der Waals surface area contributed by atoms with Crippen molar-refractivity contribution in [3.05, 3.63) is 35.4 Å². The number of benzene rings is 1. The van der Waals surface area contributed by atoms with Gasteiger partial charge in [0.2, 0.25) is 5.91 Å². The minimum atomic E-state index is 0.0422. The smallest absolute Gasteiger partial charge is 0.251 e. The van der Waals surface area contributed by atoms with Crippen molar-refractivity contribution in [2.75, 3.05) is 32.7 Å². The highest BCUT2D eigenvalue weighted by atomic mass is 16.2. The molecule has 0 saturated carbocycles. The number of likely N-dealkylation sites (tertiary alicyclic amines) is 2. The summed E-state index contributed by atoms with van der Waals surface area (Å²) in [6, 6.07) is 8.07. The summed E-state index contributed by atoms with van der Waals surface area (Å²) in [6.45, 7) is 9.10. The molecule has 0 aromatic heterocycles. The van der Waals surface area contributed by atoms with Crippen molar-refractivity contribution in [1.29, 1.82) is 0 Å². The molecule has 166 valence electrons. The first kappa shape index (κ1) is 22.8. The maximum absolute atomic E-state index is 12.9. The van der Waals surface area contributed by atoms with Crippen LogP contribution < -0.4 is 5.32 Å². The molecule has 0 radical (unpaired) electrons. The fourth-order valence-electron chi connectivity index (χ4n) is 5.06. The Bertz CT molecular complexity index is 699. The number of nitrogens with zero attached hydrogens (tertiary/aromatic N) is 2. The lowest BCUT2D eigenvalue weighted by Gasteiger charge is -2.27. The standard InChI is InChI=1S/C23H33N3O2.C2H6/c27-22(10-4-7-14-25-12-5-1-6-13-25)26-15-11-19-16-18(17-26)20-8-2-3-9-21(20)23(28)24-19;1-2/h2-3,8-9,18-19H,1,4-7,10-17H2,(H,24,28);1-2H3. The van der Waals surface area contributed by atoms with Gasteiger partial charge in [-0.3, -0.25) is 9.59 Å². The third-order valence-electron chi connectivity index (χ3n) is 6.65. The SMILES string of the molecule is CC.O=C1NC2CCN(C(=O)CCCCN3CCCCC3)CC(C2)c2ccccc21. The van der Waals surface area contributed by atoms with Crippen LogP contribution in [0.2, 0.25) is 0 Å². The molecular formula is C25H39N3O2. The van der Waals surface area contributed by atoms with E-state index in [1.165, 1.54) is 32.4 Å². The van der Waals surface area contributed by atoms with E-state index in [-0.39, 0.29) is 23.8 Å². The first-order valence-electron chi connectivity index (χ1n) is 12.1. The second-order valence-corrected chi connectivity index (χ2v) is 8.68. The highest BCUT2D eigenvalue weighted by Crippen LogP contribution is 2.32. The van der Waals surface area contributed by atoms with Gasteiger partial charge in [0.05, 0.1) is 0 Å². The highest BCUT2D eigenvalue weighted by molar-refractivity contribution is 5.96. The van der Waals surface area contributed by atoms with E-state index in [1.54, 1.807) is 0 Å². The molecule has 2 bridgehead atoms. The number of amides is 2. The molecule has 1 N–H and O–H groups in total. The monoisotopic (exact) mass is 413 g/mol. The number of fused-ring (bicyclic) bond motifs is 4. The number of nitrogens with one attached hydrogen (secondary N) is 1. The molecule has 30 heavy (non-hydrogen) atoms. The zero-order valence-electron chi connectivity index (χ0n) is 18.9. The molecule has 2 saturated heterocycles. The Balaban J connectivity index is 0.00000124. The molecular weight excluding hydrogens is 374 g/mol. The van der Waals surface area contributed by atoms with Crippen molar-refractivity contribution in [2.24, 2.45) is 0 Å². The van der Waals surface area contributed by atoms with Gasteiger partial charge in [-0.05, 0) is 69.8 Å². The summed E-state index contributed by atoms with van der Waals surface area (Å²) in [5.74, 6) is 0.578. The van der Waals surface area contributed by atoms with Gasteiger partial charge < -0.3 is 15.1 Å². The zero-order chi connectivity index (χ0) is 21.3. The van der Waals surface area contributed by atoms with E-state index in [2.05, 4.69) is 21.2 Å². The van der Waals surface area contributed by atoms with Crippen LogP contribution in [0.4, 0.5) is 0 Å². The third-order valence-corrected chi connectivity index (χ3v) is 6.65. The predicted octanol–water partition coefficient (Wildman–Crippen LogP) is 4.19. The molecule has 4 rings (SSSR count). The number of carbonyl (C=O) groups excluding carboxylic acids is 2. The van der Waals surface area contributed by atoms with Gasteiger partial charge in [-0.2, -0.15) is 0 Å². The summed E-state index contributed by atoms with van der Waals surface area (Å²) in [7, 11) is 0. The van der Waals surface area contributed by atoms with Crippen LogP contribution in [0, 0.1) is 0 Å². The average Bonchev–Trinajstić information content (AvgIpc) is 3.08. The van der Waals surface area contributed by atoms with Gasteiger partial charge in [-0.1, -0.05) is 38.5 Å². The van der Waals surface area contributed by atoms with Crippen molar-refractivity contribution >= 4 is 11.8 Å². The van der Waals surface area contributed by atoms with Crippen molar-refractivity contribution < 1.29 is 9.59 Å². The lowest BCUT2D eigenvalue weighted by molar-refractivity contribution is -0.131. The Labute approximate surface area is 182 Å². The summed E-state index contributed by atoms with van der Waals surface area (Å²) in [6.07, 6.45) is 8.56. The molecule has 0 aliphatic carbocycles. The van der Waals surface area contributed by atoms with E-state index in [0.717, 1.165) is 56.4 Å². The van der Waals surface area contributed by atoms with Gasteiger partial charge in [0.15, 0.2) is 0 Å². The first-order valence-corrected chi connectivity index (χ1v) is 12.1. The van der Waals surface area contributed by atoms with Crippen LogP contribution in [0.25, 0.3) is 0 Å². The Morgan fingerprint density at radius 3 is 2.63 bits per heavy atom. The predicted molar refractivity (Wildman–Crippen MR) is 122 cm³/mol. The fourth-order valence-corrected chi connectivity index (χ4v) is 5.06. The molecule has 5 heteroatoms. The van der Waals surface area contributed by atoms with E-state index >= 15 is 0 Å². The van der Waals surface area contributed by atoms with Gasteiger partial charge >= 0.3 is 0 Å². The molecule has 1 aromatic carbocycles. The lowest BCUT2D eigenvalue weighted by atomic mass is 9.90. The maximum Gasteiger partial charge on any atom is 0.251 e. The maximum atomic E-state index is 12.9. The minimum absolute atomic E-state index is 0.0422. The quantitative estimate of drug-likeness (QED) is 0.737. The van der Waals surface area contributed by atoms with Crippen molar-refractivity contribution in [1.82, 2.24) is 15.1 Å². The summed E-state index contributed by atoms with van der Waals surface area (Å²) in [5.41, 5.74) is 1.89. The number of unbranched alkanes of at least 4 members (excludes halogenated alkanes) is 1. The number of rotatable bonds is 5. The van der Waals surface area contributed by atoms with Gasteiger partial charge in [0.1, 0.15) is 0 Å². The van der Waals surface area contributed by atoms with E-state index in [9.17, 15) is 9.59 Å². The normalized spacial score (nSPS) is 23.9. The van der Waals surface area contributed by atoms with Crippen LogP contribution in [0.5, 0.6) is 0 Å². The van der Waals surface area contributed by atoms with E-state index in [4.69, 9.17) is 0 Å². The average molecular weight is 414 g/mol. The second-order valence-electron chi connectivity index (χ2n) is 8.68. The number of carbonyl (C=O) groups is 2. The minimum Gasteiger partial charge on any atom is -0.349 e. The summed E-state index contributed by atoms with van der Waals surface area (Å²) in [4.78, 5) is 30.0. The van der Waals surface area contributed by atoms with Gasteiger partial charge in [0, 0.05) is 37.0 Å². The molecule has 2 atom stereocenters. The molecule has 3 heterocycles. The molecule has 3 aliphatic rings. The summed E-state index contributed by atoms with van der Waals surface area (Å²) >= 11 is 0. The summed E-state index contributed by atoms with van der Waals surface area (Å²) < 4.78 is 0. The molecule has 2 unspecified atom stereocenters. The first-order chi connectivity index (χ1) is 14.7. The fraction of sp³-hybridized carbons (Fsp3) is 0.680. The van der Waals surface area contributed by atoms with Crippen LogP contribution >= 0.6 is 0 Å². The highest BCUT2D eigenvalue weighted by Gasteiger charge is 2.33. The number of hydrogen-bond donors (Lipinski definition) is 1. The molecule has 5 nitrogen and oxygen atoms in total. The third kappa shape index (κ3) is 5.84. The Morgan fingerprint density at radius 2 is 1.83 bits per heavy atom. The zero-order valence-corrected chi connectivity index (χ0v) is 18.9. The molecule has 2 fully saturated rings. The van der Waals surface area contributed by atoms with Gasteiger partial charge in [0.25, 0.3) is 5.91 Å².